The molecule has 62 valence electrons. The van der Waals surface area contributed by atoms with E-state index in [-0.39, 0.29) is 0 Å². The molecule has 0 fully saturated rings. The highest BCUT2D eigenvalue weighted by Gasteiger charge is 1.96. The standard InChI is InChI=1S/C10H8Br2/c1-2-3-4-8-5-9(11)7-10(12)6-8/h1,5-7H,3-4H2. The topological polar surface area (TPSA) is 0 Å². The third kappa shape index (κ3) is 3.00. The van der Waals surface area contributed by atoms with Gasteiger partial charge in [0.1, 0.15) is 0 Å². The second-order valence-electron chi connectivity index (χ2n) is 2.48. The summed E-state index contributed by atoms with van der Waals surface area (Å²) in [5.41, 5.74) is 1.26. The summed E-state index contributed by atoms with van der Waals surface area (Å²) in [6.07, 6.45) is 6.91. The van der Waals surface area contributed by atoms with Crippen LogP contribution in [0.15, 0.2) is 27.1 Å². The van der Waals surface area contributed by atoms with Crippen LogP contribution in [0.2, 0.25) is 0 Å². The average Bonchev–Trinajstić information content (AvgIpc) is 1.99. The zero-order valence-electron chi connectivity index (χ0n) is 6.48. The average molecular weight is 288 g/mol. The van der Waals surface area contributed by atoms with E-state index in [9.17, 15) is 0 Å². The molecule has 0 aliphatic rings. The van der Waals surface area contributed by atoms with E-state index in [1.54, 1.807) is 0 Å². The molecule has 12 heavy (non-hydrogen) atoms. The number of hydrogen-bond acceptors (Lipinski definition) is 0. The van der Waals surface area contributed by atoms with E-state index < -0.39 is 0 Å². The lowest BCUT2D eigenvalue weighted by Crippen LogP contribution is -1.83. The first-order chi connectivity index (χ1) is 5.72. The molecular weight excluding hydrogens is 280 g/mol. The van der Waals surface area contributed by atoms with Gasteiger partial charge in [-0.25, -0.2) is 0 Å². The Balaban J connectivity index is 2.80. The summed E-state index contributed by atoms with van der Waals surface area (Å²) in [7, 11) is 0. The van der Waals surface area contributed by atoms with Crippen molar-refractivity contribution in [2.45, 2.75) is 12.8 Å². The van der Waals surface area contributed by atoms with Crippen LogP contribution in [-0.4, -0.2) is 0 Å². The zero-order chi connectivity index (χ0) is 8.97. The van der Waals surface area contributed by atoms with Gasteiger partial charge < -0.3 is 0 Å². The van der Waals surface area contributed by atoms with Crippen LogP contribution in [0.4, 0.5) is 0 Å². The molecule has 0 heterocycles. The lowest BCUT2D eigenvalue weighted by Gasteiger charge is -2.00. The molecule has 0 radical (unpaired) electrons. The van der Waals surface area contributed by atoms with Crippen LogP contribution in [0.3, 0.4) is 0 Å². The van der Waals surface area contributed by atoms with Crippen molar-refractivity contribution in [2.75, 3.05) is 0 Å². The van der Waals surface area contributed by atoms with Crippen molar-refractivity contribution in [2.24, 2.45) is 0 Å². The summed E-state index contributed by atoms with van der Waals surface area (Å²) in [6.45, 7) is 0. The monoisotopic (exact) mass is 286 g/mol. The van der Waals surface area contributed by atoms with Gasteiger partial charge >= 0.3 is 0 Å². The van der Waals surface area contributed by atoms with E-state index in [0.29, 0.717) is 0 Å². The fraction of sp³-hybridized carbons (Fsp3) is 0.200. The SMILES string of the molecule is C#CCCc1cc(Br)cc(Br)c1. The Kier molecular flexibility index (Phi) is 3.84. The molecule has 0 amide bonds. The van der Waals surface area contributed by atoms with Gasteiger partial charge in [0.25, 0.3) is 0 Å². The van der Waals surface area contributed by atoms with Gasteiger partial charge in [-0.15, -0.1) is 12.3 Å². The van der Waals surface area contributed by atoms with Gasteiger partial charge in [0.2, 0.25) is 0 Å². The number of rotatable bonds is 2. The molecule has 0 nitrogen and oxygen atoms in total. The Morgan fingerprint density at radius 2 is 1.75 bits per heavy atom. The molecule has 0 aromatic heterocycles. The number of aryl methyl sites for hydroxylation is 1. The van der Waals surface area contributed by atoms with Crippen molar-refractivity contribution in [1.82, 2.24) is 0 Å². The summed E-state index contributed by atoms with van der Waals surface area (Å²) < 4.78 is 2.17. The smallest absolute Gasteiger partial charge is 0.0189 e. The van der Waals surface area contributed by atoms with Gasteiger partial charge in [-0.2, -0.15) is 0 Å². The summed E-state index contributed by atoms with van der Waals surface area (Å²) in [4.78, 5) is 0. The fourth-order valence-electron chi connectivity index (χ4n) is 0.972. The van der Waals surface area contributed by atoms with E-state index in [0.717, 1.165) is 21.8 Å². The summed E-state index contributed by atoms with van der Waals surface area (Å²) in [5.74, 6) is 2.62. The highest BCUT2D eigenvalue weighted by molar-refractivity contribution is 9.11. The van der Waals surface area contributed by atoms with Crippen molar-refractivity contribution in [3.63, 3.8) is 0 Å². The third-order valence-electron chi connectivity index (χ3n) is 1.48. The molecule has 0 aliphatic heterocycles. The van der Waals surface area contributed by atoms with Crippen LogP contribution in [0.25, 0.3) is 0 Å². The first-order valence-corrected chi connectivity index (χ1v) is 5.19. The van der Waals surface area contributed by atoms with Gasteiger partial charge in [-0.1, -0.05) is 31.9 Å². The Hall–Kier alpha value is -0.260. The minimum Gasteiger partial charge on any atom is -0.120 e. The third-order valence-corrected chi connectivity index (χ3v) is 2.40. The van der Waals surface area contributed by atoms with E-state index in [2.05, 4.69) is 49.9 Å². The highest BCUT2D eigenvalue weighted by atomic mass is 79.9. The Morgan fingerprint density at radius 3 is 2.25 bits per heavy atom. The van der Waals surface area contributed by atoms with Crippen LogP contribution in [0, 0.1) is 12.3 Å². The van der Waals surface area contributed by atoms with Crippen LogP contribution < -0.4 is 0 Å². The van der Waals surface area contributed by atoms with Crippen molar-refractivity contribution in [3.05, 3.63) is 32.7 Å². The number of benzene rings is 1. The first kappa shape index (κ1) is 9.83. The molecular formula is C10H8Br2. The van der Waals surface area contributed by atoms with Crippen molar-refractivity contribution in [3.8, 4) is 12.3 Å². The second-order valence-corrected chi connectivity index (χ2v) is 4.31. The van der Waals surface area contributed by atoms with Crippen LogP contribution in [0.1, 0.15) is 12.0 Å². The first-order valence-electron chi connectivity index (χ1n) is 3.61. The molecule has 1 aromatic carbocycles. The molecule has 0 spiro atoms. The van der Waals surface area contributed by atoms with Crippen LogP contribution in [0.5, 0.6) is 0 Å². The van der Waals surface area contributed by atoms with Gasteiger partial charge in [0.15, 0.2) is 0 Å². The predicted octanol–water partition coefficient (Wildman–Crippen LogP) is 3.78. The van der Waals surface area contributed by atoms with Crippen molar-refractivity contribution in [1.29, 1.82) is 0 Å². The minimum absolute atomic E-state index is 0.795. The Morgan fingerprint density at radius 1 is 1.17 bits per heavy atom. The van der Waals surface area contributed by atoms with Crippen molar-refractivity contribution < 1.29 is 0 Å². The number of terminal acetylenes is 1. The Bertz CT molecular complexity index is 290. The fourth-order valence-corrected chi connectivity index (χ4v) is 2.36. The molecule has 0 saturated carbocycles. The highest BCUT2D eigenvalue weighted by Crippen LogP contribution is 2.20. The molecule has 0 bridgehead atoms. The maximum atomic E-state index is 5.18. The maximum Gasteiger partial charge on any atom is 0.0189 e. The van der Waals surface area contributed by atoms with Gasteiger partial charge in [0.05, 0.1) is 0 Å². The van der Waals surface area contributed by atoms with Crippen LogP contribution >= 0.6 is 31.9 Å². The molecule has 2 heteroatoms. The summed E-state index contributed by atoms with van der Waals surface area (Å²) >= 11 is 6.85. The molecule has 0 atom stereocenters. The van der Waals surface area contributed by atoms with Gasteiger partial charge in [-0.3, -0.25) is 0 Å². The normalized spacial score (nSPS) is 9.42. The molecule has 0 unspecified atom stereocenters. The predicted molar refractivity (Wildman–Crippen MR) is 59.0 cm³/mol. The van der Waals surface area contributed by atoms with Crippen LogP contribution in [-0.2, 0) is 6.42 Å². The minimum atomic E-state index is 0.795. The van der Waals surface area contributed by atoms with E-state index >= 15 is 0 Å². The second kappa shape index (κ2) is 4.69. The van der Waals surface area contributed by atoms with E-state index in [4.69, 9.17) is 6.42 Å². The lowest BCUT2D eigenvalue weighted by atomic mass is 10.1. The van der Waals surface area contributed by atoms with Crippen molar-refractivity contribution >= 4 is 31.9 Å². The van der Waals surface area contributed by atoms with Gasteiger partial charge in [0, 0.05) is 15.4 Å². The quantitative estimate of drug-likeness (QED) is 0.726. The molecule has 1 rings (SSSR count). The Labute approximate surface area is 89.6 Å². The molecule has 0 aliphatic carbocycles. The number of halogens is 2. The summed E-state index contributed by atoms with van der Waals surface area (Å²) in [5, 5.41) is 0. The largest absolute Gasteiger partial charge is 0.120 e. The van der Waals surface area contributed by atoms with E-state index in [1.807, 2.05) is 6.07 Å². The maximum absolute atomic E-state index is 5.18. The molecule has 0 N–H and O–H groups in total. The van der Waals surface area contributed by atoms with Gasteiger partial charge in [-0.05, 0) is 30.2 Å². The molecule has 0 saturated heterocycles. The molecule has 1 aromatic rings. The number of hydrogen-bond donors (Lipinski definition) is 0. The van der Waals surface area contributed by atoms with E-state index in [1.165, 1.54) is 5.56 Å². The summed E-state index contributed by atoms with van der Waals surface area (Å²) in [6, 6.07) is 6.18. The lowest BCUT2D eigenvalue weighted by molar-refractivity contribution is 1.03. The zero-order valence-corrected chi connectivity index (χ0v) is 9.65.